The number of piperazine rings is 1. The van der Waals surface area contributed by atoms with Crippen molar-refractivity contribution in [1.29, 1.82) is 0 Å². The molecule has 1 unspecified atom stereocenters. The molecule has 1 aromatic heterocycles. The van der Waals surface area contributed by atoms with Crippen molar-refractivity contribution in [3.8, 4) is 0 Å². The zero-order valence-electron chi connectivity index (χ0n) is 12.4. The maximum atomic E-state index is 12.6. The molecule has 0 aliphatic carbocycles. The largest absolute Gasteiger partial charge is 0.399 e. The van der Waals surface area contributed by atoms with Gasteiger partial charge in [-0.15, -0.1) is 23.7 Å². The topological polar surface area (TPSA) is 75.4 Å². The van der Waals surface area contributed by atoms with Gasteiger partial charge >= 0.3 is 0 Å². The Hall–Kier alpha value is -2.05. The summed E-state index contributed by atoms with van der Waals surface area (Å²) in [5.41, 5.74) is 7.23. The number of amides is 2. The summed E-state index contributed by atoms with van der Waals surface area (Å²) in [6.07, 6.45) is 0.273. The Bertz CT molecular complexity index is 673. The number of nitrogens with two attached hydrogens (primary N) is 1. The van der Waals surface area contributed by atoms with Crippen LogP contribution in [0.15, 0.2) is 41.8 Å². The number of carbonyl (C=O) groups is 2. The molecule has 0 spiro atoms. The van der Waals surface area contributed by atoms with Gasteiger partial charge in [0.25, 0.3) is 0 Å². The summed E-state index contributed by atoms with van der Waals surface area (Å²) in [4.78, 5) is 27.4. The molecule has 0 radical (unpaired) electrons. The summed E-state index contributed by atoms with van der Waals surface area (Å²) in [5, 5.41) is 4.75. The van der Waals surface area contributed by atoms with Gasteiger partial charge in [0.05, 0.1) is 6.42 Å². The van der Waals surface area contributed by atoms with Crippen LogP contribution in [0.5, 0.6) is 0 Å². The molecule has 2 amide bonds. The fourth-order valence-electron chi connectivity index (χ4n) is 2.58. The molecule has 1 fully saturated rings. The molecule has 1 saturated heterocycles. The van der Waals surface area contributed by atoms with Crippen molar-refractivity contribution in [2.75, 3.05) is 18.8 Å². The first-order valence-corrected chi connectivity index (χ1v) is 7.98. The van der Waals surface area contributed by atoms with Gasteiger partial charge in [0.2, 0.25) is 11.8 Å². The third-order valence-corrected chi connectivity index (χ3v) is 4.60. The highest BCUT2D eigenvalue weighted by molar-refractivity contribution is 7.10. The Morgan fingerprint density at radius 2 is 2.04 bits per heavy atom. The smallest absolute Gasteiger partial charge is 0.248 e. The van der Waals surface area contributed by atoms with E-state index in [2.05, 4.69) is 5.32 Å². The van der Waals surface area contributed by atoms with E-state index in [1.54, 1.807) is 17.0 Å². The fourth-order valence-corrected chi connectivity index (χ4v) is 3.41. The van der Waals surface area contributed by atoms with Gasteiger partial charge < -0.3 is 16.0 Å². The average molecular weight is 352 g/mol. The highest BCUT2D eigenvalue weighted by atomic mass is 35.5. The second-order valence-electron chi connectivity index (χ2n) is 5.21. The van der Waals surface area contributed by atoms with Gasteiger partial charge in [0, 0.05) is 23.7 Å². The third kappa shape index (κ3) is 3.83. The summed E-state index contributed by atoms with van der Waals surface area (Å²) in [5.74, 6) is -0.155. The number of nitrogens with zero attached hydrogens (tertiary/aromatic N) is 1. The van der Waals surface area contributed by atoms with Crippen LogP contribution >= 0.6 is 23.7 Å². The van der Waals surface area contributed by atoms with E-state index in [-0.39, 0.29) is 30.6 Å². The molecule has 3 N–H and O–H groups in total. The minimum atomic E-state index is -0.518. The fraction of sp³-hybridized carbons (Fsp3) is 0.250. The van der Waals surface area contributed by atoms with Crippen LogP contribution in [0.1, 0.15) is 16.5 Å². The van der Waals surface area contributed by atoms with Crippen molar-refractivity contribution >= 4 is 41.2 Å². The Morgan fingerprint density at radius 1 is 1.30 bits per heavy atom. The van der Waals surface area contributed by atoms with Crippen molar-refractivity contribution in [2.24, 2.45) is 0 Å². The van der Waals surface area contributed by atoms with Gasteiger partial charge in [-0.3, -0.25) is 9.59 Å². The molecule has 0 bridgehead atoms. The van der Waals surface area contributed by atoms with Crippen molar-refractivity contribution < 1.29 is 9.59 Å². The maximum Gasteiger partial charge on any atom is 0.248 e. The first kappa shape index (κ1) is 17.3. The summed E-state index contributed by atoms with van der Waals surface area (Å²) in [6, 6.07) is 10.5. The zero-order valence-corrected chi connectivity index (χ0v) is 14.0. The molecule has 122 valence electrons. The Balaban J connectivity index is 0.00000192. The van der Waals surface area contributed by atoms with E-state index in [9.17, 15) is 9.59 Å². The molecule has 1 aliphatic heterocycles. The number of hydrogen-bond donors (Lipinski definition) is 2. The number of benzene rings is 1. The molecule has 0 saturated carbocycles. The minimum absolute atomic E-state index is 0. The number of halogens is 1. The molecule has 23 heavy (non-hydrogen) atoms. The highest BCUT2D eigenvalue weighted by Crippen LogP contribution is 2.27. The standard InChI is InChI=1S/C16H17N3O2S.ClH/c17-12-5-3-11(4-6-12)10-14(20)19-8-7-18-16(21)15(19)13-2-1-9-22-13;/h1-6,9,15H,7-8,10,17H2,(H,18,21);1H. The van der Waals surface area contributed by atoms with Gasteiger partial charge in [-0.2, -0.15) is 0 Å². The van der Waals surface area contributed by atoms with E-state index in [0.29, 0.717) is 18.8 Å². The van der Waals surface area contributed by atoms with E-state index >= 15 is 0 Å². The maximum absolute atomic E-state index is 12.6. The van der Waals surface area contributed by atoms with Gasteiger partial charge in [-0.25, -0.2) is 0 Å². The van der Waals surface area contributed by atoms with Crippen LogP contribution in [-0.2, 0) is 16.0 Å². The van der Waals surface area contributed by atoms with Gasteiger partial charge in [0.1, 0.15) is 6.04 Å². The first-order valence-electron chi connectivity index (χ1n) is 7.10. The number of nitrogen functional groups attached to an aromatic ring is 1. The quantitative estimate of drug-likeness (QED) is 0.830. The van der Waals surface area contributed by atoms with Crippen molar-refractivity contribution in [3.05, 3.63) is 52.2 Å². The number of rotatable bonds is 3. The Morgan fingerprint density at radius 3 is 2.70 bits per heavy atom. The molecule has 2 heterocycles. The molecule has 7 heteroatoms. The summed E-state index contributed by atoms with van der Waals surface area (Å²) in [7, 11) is 0. The minimum Gasteiger partial charge on any atom is -0.399 e. The van der Waals surface area contributed by atoms with Crippen molar-refractivity contribution in [2.45, 2.75) is 12.5 Å². The van der Waals surface area contributed by atoms with Crippen LogP contribution < -0.4 is 11.1 Å². The molecule has 2 aromatic rings. The molecular weight excluding hydrogens is 334 g/mol. The van der Waals surface area contributed by atoms with E-state index in [4.69, 9.17) is 5.73 Å². The lowest BCUT2D eigenvalue weighted by Crippen LogP contribution is -2.52. The van der Waals surface area contributed by atoms with E-state index in [1.807, 2.05) is 29.6 Å². The van der Waals surface area contributed by atoms with Gasteiger partial charge in [0.15, 0.2) is 0 Å². The first-order chi connectivity index (χ1) is 10.6. The van der Waals surface area contributed by atoms with Crippen LogP contribution in [0.2, 0.25) is 0 Å². The number of carbonyl (C=O) groups excluding carboxylic acids is 2. The Labute approximate surface area is 144 Å². The number of thiophene rings is 1. The van der Waals surface area contributed by atoms with E-state index in [0.717, 1.165) is 10.4 Å². The lowest BCUT2D eigenvalue weighted by atomic mass is 10.1. The molecule has 3 rings (SSSR count). The number of hydrogen-bond acceptors (Lipinski definition) is 4. The molecule has 1 aromatic carbocycles. The summed E-state index contributed by atoms with van der Waals surface area (Å²) >= 11 is 1.49. The molecule has 1 atom stereocenters. The van der Waals surface area contributed by atoms with Crippen molar-refractivity contribution in [3.63, 3.8) is 0 Å². The van der Waals surface area contributed by atoms with Crippen molar-refractivity contribution in [1.82, 2.24) is 10.2 Å². The lowest BCUT2D eigenvalue weighted by Gasteiger charge is -2.34. The van der Waals surface area contributed by atoms with Crippen LogP contribution in [0, 0.1) is 0 Å². The monoisotopic (exact) mass is 351 g/mol. The van der Waals surface area contributed by atoms with Gasteiger partial charge in [-0.05, 0) is 29.1 Å². The normalized spacial score (nSPS) is 17.3. The van der Waals surface area contributed by atoms with E-state index < -0.39 is 6.04 Å². The summed E-state index contributed by atoms with van der Waals surface area (Å²) in [6.45, 7) is 1.02. The lowest BCUT2D eigenvalue weighted by molar-refractivity contribution is -0.143. The predicted molar refractivity (Wildman–Crippen MR) is 93.6 cm³/mol. The number of nitrogens with one attached hydrogen (secondary N) is 1. The van der Waals surface area contributed by atoms with Crippen LogP contribution in [0.25, 0.3) is 0 Å². The third-order valence-electron chi connectivity index (χ3n) is 3.68. The highest BCUT2D eigenvalue weighted by Gasteiger charge is 2.34. The Kier molecular flexibility index (Phi) is 5.63. The second kappa shape index (κ2) is 7.48. The average Bonchev–Trinajstić information content (AvgIpc) is 3.03. The summed E-state index contributed by atoms with van der Waals surface area (Å²) < 4.78 is 0. The predicted octanol–water partition coefficient (Wildman–Crippen LogP) is 1.99. The van der Waals surface area contributed by atoms with Crippen LogP contribution in [-0.4, -0.2) is 29.8 Å². The zero-order chi connectivity index (χ0) is 15.5. The van der Waals surface area contributed by atoms with Crippen LogP contribution in [0.4, 0.5) is 5.69 Å². The van der Waals surface area contributed by atoms with Gasteiger partial charge in [-0.1, -0.05) is 18.2 Å². The van der Waals surface area contributed by atoms with Crippen LogP contribution in [0.3, 0.4) is 0 Å². The molecule has 5 nitrogen and oxygen atoms in total. The molecule has 1 aliphatic rings. The molecular formula is C16H18ClN3O2S. The van der Waals surface area contributed by atoms with E-state index in [1.165, 1.54) is 11.3 Å². The number of anilines is 1. The second-order valence-corrected chi connectivity index (χ2v) is 6.19. The SMILES string of the molecule is Cl.Nc1ccc(CC(=O)N2CCNC(=O)C2c2cccs2)cc1.